The van der Waals surface area contributed by atoms with E-state index in [0.717, 1.165) is 28.4 Å². The summed E-state index contributed by atoms with van der Waals surface area (Å²) < 4.78 is 27.5. The summed E-state index contributed by atoms with van der Waals surface area (Å²) in [6.45, 7) is 6.16. The largest absolute Gasteiger partial charge is 0.366 e. The first-order chi connectivity index (χ1) is 10.4. The monoisotopic (exact) mass is 360 g/mol. The summed E-state index contributed by atoms with van der Waals surface area (Å²) in [7, 11) is -3.44. The van der Waals surface area contributed by atoms with Gasteiger partial charge in [0, 0.05) is 26.2 Å². The van der Waals surface area contributed by atoms with E-state index < -0.39 is 10.0 Å². The highest BCUT2D eigenvalue weighted by Crippen LogP contribution is 2.30. The van der Waals surface area contributed by atoms with Gasteiger partial charge in [-0.25, -0.2) is 8.42 Å². The summed E-state index contributed by atoms with van der Waals surface area (Å²) in [5, 5.41) is 7.17. The van der Waals surface area contributed by atoms with Crippen LogP contribution in [0.1, 0.15) is 11.4 Å². The Labute approximate surface area is 138 Å². The molecular formula is C13H17ClN4O2S2. The van der Waals surface area contributed by atoms with Crippen LogP contribution < -0.4 is 4.90 Å². The average molecular weight is 361 g/mol. The highest BCUT2D eigenvalue weighted by Gasteiger charge is 2.30. The molecule has 2 aromatic rings. The van der Waals surface area contributed by atoms with E-state index in [9.17, 15) is 8.42 Å². The van der Waals surface area contributed by atoms with E-state index in [0.29, 0.717) is 34.7 Å². The average Bonchev–Trinajstić information content (AvgIpc) is 3.06. The molecule has 0 unspecified atom stereocenters. The number of aryl methyl sites for hydroxylation is 2. The maximum atomic E-state index is 12.6. The van der Waals surface area contributed by atoms with Crippen LogP contribution in [0, 0.1) is 13.8 Å². The van der Waals surface area contributed by atoms with Crippen molar-refractivity contribution < 1.29 is 8.42 Å². The molecule has 0 spiro atoms. The van der Waals surface area contributed by atoms with E-state index in [1.807, 2.05) is 13.8 Å². The van der Waals surface area contributed by atoms with Gasteiger partial charge in [-0.05, 0) is 26.0 Å². The number of nitrogens with zero attached hydrogens (tertiary/aromatic N) is 3. The fraction of sp³-hybridized carbons (Fsp3) is 0.462. The van der Waals surface area contributed by atoms with Gasteiger partial charge in [0.25, 0.3) is 10.0 Å². The number of piperazine rings is 1. The van der Waals surface area contributed by atoms with Gasteiger partial charge in [0.15, 0.2) is 0 Å². The lowest BCUT2D eigenvalue weighted by Gasteiger charge is -2.35. The van der Waals surface area contributed by atoms with Gasteiger partial charge < -0.3 is 4.90 Å². The van der Waals surface area contributed by atoms with Gasteiger partial charge in [0.05, 0.1) is 21.4 Å². The third-order valence-corrected chi connectivity index (χ3v) is 7.38. The van der Waals surface area contributed by atoms with Gasteiger partial charge in [0.2, 0.25) is 0 Å². The number of anilines is 1. The van der Waals surface area contributed by atoms with Crippen LogP contribution in [0.2, 0.25) is 4.34 Å². The molecule has 0 saturated carbocycles. The quantitative estimate of drug-likeness (QED) is 0.911. The third kappa shape index (κ3) is 2.76. The van der Waals surface area contributed by atoms with E-state index in [1.54, 1.807) is 12.1 Å². The Morgan fingerprint density at radius 3 is 2.41 bits per heavy atom. The molecule has 3 rings (SSSR count). The van der Waals surface area contributed by atoms with E-state index in [2.05, 4.69) is 15.1 Å². The Morgan fingerprint density at radius 2 is 1.91 bits per heavy atom. The Balaban J connectivity index is 1.74. The molecule has 1 aliphatic heterocycles. The summed E-state index contributed by atoms with van der Waals surface area (Å²) in [5.74, 6) is 0. The smallest absolute Gasteiger partial charge is 0.252 e. The van der Waals surface area contributed by atoms with Crippen molar-refractivity contribution in [1.29, 1.82) is 0 Å². The summed E-state index contributed by atoms with van der Waals surface area (Å²) in [6.07, 6.45) is 0. The molecule has 1 saturated heterocycles. The van der Waals surface area contributed by atoms with Gasteiger partial charge in [-0.15, -0.1) is 11.3 Å². The summed E-state index contributed by atoms with van der Waals surface area (Å²) in [4.78, 5) is 2.18. The molecule has 2 aromatic heterocycles. The number of hydrogen-bond donors (Lipinski definition) is 1. The topological polar surface area (TPSA) is 69.3 Å². The first-order valence-electron chi connectivity index (χ1n) is 6.91. The number of H-pyrrole nitrogens is 1. The predicted molar refractivity (Wildman–Crippen MR) is 88.4 cm³/mol. The molecule has 0 aliphatic carbocycles. The molecule has 0 amide bonds. The van der Waals surface area contributed by atoms with Crippen molar-refractivity contribution in [3.63, 3.8) is 0 Å². The van der Waals surface area contributed by atoms with E-state index in [4.69, 9.17) is 11.6 Å². The Bertz CT molecular complexity index is 756. The zero-order chi connectivity index (χ0) is 15.9. The SMILES string of the molecule is Cc1n[nH]c(C)c1N1CCN(S(=O)(=O)c2ccc(Cl)s2)CC1. The lowest BCUT2D eigenvalue weighted by atomic mass is 10.2. The number of rotatable bonds is 3. The minimum atomic E-state index is -3.44. The molecule has 9 heteroatoms. The summed E-state index contributed by atoms with van der Waals surface area (Å²) in [6, 6.07) is 3.19. The fourth-order valence-corrected chi connectivity index (χ4v) is 5.79. The van der Waals surface area contributed by atoms with Gasteiger partial charge in [-0.2, -0.15) is 9.40 Å². The van der Waals surface area contributed by atoms with Gasteiger partial charge in [-0.3, -0.25) is 5.10 Å². The van der Waals surface area contributed by atoms with Crippen molar-refractivity contribution in [2.24, 2.45) is 0 Å². The minimum absolute atomic E-state index is 0.307. The standard InChI is InChI=1S/C13H17ClN4O2S2/c1-9-13(10(2)16-15-9)17-5-7-18(8-6-17)22(19,20)12-4-3-11(14)21-12/h3-4H,5-8H2,1-2H3,(H,15,16). The first kappa shape index (κ1) is 15.8. The van der Waals surface area contributed by atoms with E-state index in [-0.39, 0.29) is 0 Å². The Kier molecular flexibility index (Phi) is 4.19. The molecule has 1 fully saturated rings. The second kappa shape index (κ2) is 5.84. The van der Waals surface area contributed by atoms with Gasteiger partial charge in [-0.1, -0.05) is 11.6 Å². The molecule has 6 nitrogen and oxygen atoms in total. The normalized spacial score (nSPS) is 17.1. The maximum absolute atomic E-state index is 12.6. The lowest BCUT2D eigenvalue weighted by molar-refractivity contribution is 0.385. The molecule has 1 aliphatic rings. The van der Waals surface area contributed by atoms with Crippen molar-refractivity contribution in [3.8, 4) is 0 Å². The summed E-state index contributed by atoms with van der Waals surface area (Å²) in [5.41, 5.74) is 3.04. The zero-order valence-electron chi connectivity index (χ0n) is 12.3. The highest BCUT2D eigenvalue weighted by molar-refractivity contribution is 7.91. The van der Waals surface area contributed by atoms with Crippen LogP contribution >= 0.6 is 22.9 Å². The minimum Gasteiger partial charge on any atom is -0.366 e. The number of hydrogen-bond acceptors (Lipinski definition) is 5. The molecule has 0 bridgehead atoms. The van der Waals surface area contributed by atoms with Crippen LogP contribution in [0.5, 0.6) is 0 Å². The fourth-order valence-electron chi connectivity index (χ4n) is 2.73. The van der Waals surface area contributed by atoms with Crippen molar-refractivity contribution in [2.75, 3.05) is 31.1 Å². The molecule has 0 aromatic carbocycles. The van der Waals surface area contributed by atoms with Gasteiger partial charge >= 0.3 is 0 Å². The van der Waals surface area contributed by atoms with Crippen molar-refractivity contribution in [2.45, 2.75) is 18.1 Å². The lowest BCUT2D eigenvalue weighted by Crippen LogP contribution is -2.48. The Morgan fingerprint density at radius 1 is 1.23 bits per heavy atom. The number of thiophene rings is 1. The van der Waals surface area contributed by atoms with Gasteiger partial charge in [0.1, 0.15) is 4.21 Å². The molecule has 0 radical (unpaired) electrons. The molecule has 22 heavy (non-hydrogen) atoms. The van der Waals surface area contributed by atoms with E-state index >= 15 is 0 Å². The van der Waals surface area contributed by atoms with Crippen LogP contribution in [0.4, 0.5) is 5.69 Å². The molecule has 1 N–H and O–H groups in total. The third-order valence-electron chi connectivity index (χ3n) is 3.79. The molecule has 120 valence electrons. The maximum Gasteiger partial charge on any atom is 0.252 e. The number of halogens is 1. The summed E-state index contributed by atoms with van der Waals surface area (Å²) >= 11 is 6.95. The molecule has 0 atom stereocenters. The van der Waals surface area contributed by atoms with Crippen LogP contribution in [-0.4, -0.2) is 49.1 Å². The second-order valence-electron chi connectivity index (χ2n) is 5.23. The highest BCUT2D eigenvalue weighted by atomic mass is 35.5. The Hall–Kier alpha value is -1.09. The van der Waals surface area contributed by atoms with Crippen molar-refractivity contribution in [1.82, 2.24) is 14.5 Å². The first-order valence-corrected chi connectivity index (χ1v) is 9.55. The van der Waals surface area contributed by atoms with Crippen LogP contribution in [0.25, 0.3) is 0 Å². The number of aromatic nitrogens is 2. The van der Waals surface area contributed by atoms with Crippen LogP contribution in [0.3, 0.4) is 0 Å². The second-order valence-corrected chi connectivity index (χ2v) is 9.11. The number of nitrogens with one attached hydrogen (secondary N) is 1. The number of sulfonamides is 1. The van der Waals surface area contributed by atoms with Crippen LogP contribution in [0.15, 0.2) is 16.3 Å². The van der Waals surface area contributed by atoms with E-state index in [1.165, 1.54) is 4.31 Å². The molecular weight excluding hydrogens is 344 g/mol. The van der Waals surface area contributed by atoms with Crippen LogP contribution in [-0.2, 0) is 10.0 Å². The zero-order valence-corrected chi connectivity index (χ0v) is 14.7. The van der Waals surface area contributed by atoms with Crippen molar-refractivity contribution in [3.05, 3.63) is 27.9 Å². The van der Waals surface area contributed by atoms with Crippen molar-refractivity contribution >= 4 is 38.6 Å². The predicted octanol–water partition coefficient (Wildman–Crippen LogP) is 2.25. The number of aromatic amines is 1. The molecule has 3 heterocycles.